The zero-order valence-corrected chi connectivity index (χ0v) is 7.39. The van der Waals surface area contributed by atoms with Gasteiger partial charge < -0.3 is 11.1 Å². The number of unbranched alkanes of at least 4 members (excludes halogenated alkanes) is 1. The lowest BCUT2D eigenvalue weighted by molar-refractivity contribution is -0.121. The summed E-state index contributed by atoms with van der Waals surface area (Å²) in [5.41, 5.74) is 5.44. The second-order valence-electron chi connectivity index (χ2n) is 2.88. The zero-order valence-electron chi connectivity index (χ0n) is 7.39. The molecule has 0 aromatic heterocycles. The van der Waals surface area contributed by atoms with Gasteiger partial charge in [0.1, 0.15) is 0 Å². The average Bonchev–Trinajstić information content (AvgIpc) is 1.86. The summed E-state index contributed by atoms with van der Waals surface area (Å²) in [6, 6.07) is -0.0309. The smallest absolute Gasteiger partial charge is 0.221 e. The number of hydrogen-bond acceptors (Lipinski definition) is 2. The van der Waals surface area contributed by atoms with E-state index in [1.165, 1.54) is 0 Å². The molecule has 0 saturated carbocycles. The van der Waals surface area contributed by atoms with Crippen LogP contribution < -0.4 is 11.1 Å². The third-order valence-corrected chi connectivity index (χ3v) is 1.36. The van der Waals surface area contributed by atoms with Gasteiger partial charge in [0.15, 0.2) is 0 Å². The van der Waals surface area contributed by atoms with E-state index < -0.39 is 0 Å². The summed E-state index contributed by atoms with van der Waals surface area (Å²) in [4.78, 5) is 10.9. The Hall–Kier alpha value is -0.570. The van der Waals surface area contributed by atoms with Gasteiger partial charge in [-0.25, -0.2) is 0 Å². The van der Waals surface area contributed by atoms with E-state index in [-0.39, 0.29) is 11.9 Å². The summed E-state index contributed by atoms with van der Waals surface area (Å²) < 4.78 is 0. The van der Waals surface area contributed by atoms with Gasteiger partial charge in [-0.2, -0.15) is 0 Å². The van der Waals surface area contributed by atoms with E-state index >= 15 is 0 Å². The maximum atomic E-state index is 10.9. The van der Waals surface area contributed by atoms with Crippen molar-refractivity contribution in [3.05, 3.63) is 0 Å². The third kappa shape index (κ3) is 7.33. The lowest BCUT2D eigenvalue weighted by Crippen LogP contribution is -2.30. The molecule has 66 valence electrons. The Morgan fingerprint density at radius 2 is 2.27 bits per heavy atom. The van der Waals surface area contributed by atoms with Gasteiger partial charge in [0.25, 0.3) is 0 Å². The molecular formula is C8H18N2O. The van der Waals surface area contributed by atoms with Crippen molar-refractivity contribution < 1.29 is 4.79 Å². The van der Waals surface area contributed by atoms with Gasteiger partial charge >= 0.3 is 0 Å². The molecule has 3 heteroatoms. The number of carbonyl (C=O) groups excluding carboxylic acids is 1. The summed E-state index contributed by atoms with van der Waals surface area (Å²) in [5, 5.41) is 2.80. The fraction of sp³-hybridized carbons (Fsp3) is 0.875. The predicted molar refractivity (Wildman–Crippen MR) is 46.2 cm³/mol. The molecule has 0 heterocycles. The minimum atomic E-state index is -0.0309. The SMILES string of the molecule is CCCCNC(=O)CC(C)N. The molecule has 0 aliphatic carbocycles. The van der Waals surface area contributed by atoms with Crippen LogP contribution in [-0.4, -0.2) is 18.5 Å². The predicted octanol–water partition coefficient (Wildman–Crippen LogP) is 0.640. The maximum Gasteiger partial charge on any atom is 0.221 e. The Balaban J connectivity index is 3.23. The number of hydrogen-bond donors (Lipinski definition) is 2. The monoisotopic (exact) mass is 158 g/mol. The lowest BCUT2D eigenvalue weighted by atomic mass is 10.2. The van der Waals surface area contributed by atoms with Crippen molar-refractivity contribution in [2.45, 2.75) is 39.2 Å². The molecule has 1 unspecified atom stereocenters. The van der Waals surface area contributed by atoms with E-state index in [9.17, 15) is 4.79 Å². The average molecular weight is 158 g/mol. The highest BCUT2D eigenvalue weighted by Gasteiger charge is 2.02. The first-order valence-electron chi connectivity index (χ1n) is 4.19. The number of carbonyl (C=O) groups is 1. The molecule has 0 spiro atoms. The summed E-state index contributed by atoms with van der Waals surface area (Å²) in [7, 11) is 0. The minimum Gasteiger partial charge on any atom is -0.356 e. The summed E-state index contributed by atoms with van der Waals surface area (Å²) in [6.45, 7) is 4.71. The van der Waals surface area contributed by atoms with Crippen LogP contribution >= 0.6 is 0 Å². The van der Waals surface area contributed by atoms with E-state index in [0.717, 1.165) is 19.4 Å². The van der Waals surface area contributed by atoms with Crippen LogP contribution in [0.2, 0.25) is 0 Å². The molecule has 0 aliphatic heterocycles. The highest BCUT2D eigenvalue weighted by atomic mass is 16.1. The summed E-state index contributed by atoms with van der Waals surface area (Å²) in [6.07, 6.45) is 2.59. The fourth-order valence-corrected chi connectivity index (χ4v) is 0.769. The molecule has 1 atom stereocenters. The highest BCUT2D eigenvalue weighted by Crippen LogP contribution is 1.87. The molecule has 0 bridgehead atoms. The van der Waals surface area contributed by atoms with E-state index in [2.05, 4.69) is 12.2 Å². The molecule has 0 fully saturated rings. The molecule has 3 N–H and O–H groups in total. The molecule has 0 aromatic carbocycles. The van der Waals surface area contributed by atoms with Gasteiger partial charge in [-0.1, -0.05) is 13.3 Å². The lowest BCUT2D eigenvalue weighted by Gasteiger charge is -2.05. The molecule has 0 aliphatic rings. The standard InChI is InChI=1S/C8H18N2O/c1-3-4-5-10-8(11)6-7(2)9/h7H,3-6,9H2,1-2H3,(H,10,11). The fourth-order valence-electron chi connectivity index (χ4n) is 0.769. The second-order valence-corrected chi connectivity index (χ2v) is 2.88. The number of rotatable bonds is 5. The van der Waals surface area contributed by atoms with Crippen LogP contribution in [0.25, 0.3) is 0 Å². The molecule has 0 saturated heterocycles. The highest BCUT2D eigenvalue weighted by molar-refractivity contribution is 5.76. The van der Waals surface area contributed by atoms with Crippen LogP contribution in [0.15, 0.2) is 0 Å². The van der Waals surface area contributed by atoms with Crippen LogP contribution in [-0.2, 0) is 4.79 Å². The molecule has 0 rings (SSSR count). The summed E-state index contributed by atoms with van der Waals surface area (Å²) >= 11 is 0. The van der Waals surface area contributed by atoms with Gasteiger partial charge in [0.05, 0.1) is 0 Å². The van der Waals surface area contributed by atoms with Crippen molar-refractivity contribution in [1.29, 1.82) is 0 Å². The van der Waals surface area contributed by atoms with Gasteiger partial charge in [0.2, 0.25) is 5.91 Å². The first-order valence-corrected chi connectivity index (χ1v) is 4.19. The molecular weight excluding hydrogens is 140 g/mol. The number of amides is 1. The van der Waals surface area contributed by atoms with E-state index in [4.69, 9.17) is 5.73 Å². The Labute approximate surface area is 68.3 Å². The van der Waals surface area contributed by atoms with Crippen molar-refractivity contribution in [3.8, 4) is 0 Å². The third-order valence-electron chi connectivity index (χ3n) is 1.36. The zero-order chi connectivity index (χ0) is 8.69. The Morgan fingerprint density at radius 3 is 2.73 bits per heavy atom. The van der Waals surface area contributed by atoms with Crippen molar-refractivity contribution in [3.63, 3.8) is 0 Å². The van der Waals surface area contributed by atoms with E-state index in [1.807, 2.05) is 6.92 Å². The van der Waals surface area contributed by atoms with E-state index in [1.54, 1.807) is 0 Å². The van der Waals surface area contributed by atoms with Crippen molar-refractivity contribution in [1.82, 2.24) is 5.32 Å². The summed E-state index contributed by atoms with van der Waals surface area (Å²) in [5.74, 6) is 0.0634. The Morgan fingerprint density at radius 1 is 1.64 bits per heavy atom. The van der Waals surface area contributed by atoms with Crippen LogP contribution in [0.3, 0.4) is 0 Å². The Bertz CT molecular complexity index is 113. The van der Waals surface area contributed by atoms with Crippen LogP contribution in [0.1, 0.15) is 33.1 Å². The largest absolute Gasteiger partial charge is 0.356 e. The van der Waals surface area contributed by atoms with E-state index in [0.29, 0.717) is 6.42 Å². The quantitative estimate of drug-likeness (QED) is 0.577. The number of nitrogens with one attached hydrogen (secondary N) is 1. The topological polar surface area (TPSA) is 55.1 Å². The van der Waals surface area contributed by atoms with Crippen molar-refractivity contribution in [2.24, 2.45) is 5.73 Å². The molecule has 1 amide bonds. The number of nitrogens with two attached hydrogens (primary N) is 1. The van der Waals surface area contributed by atoms with Crippen LogP contribution in [0, 0.1) is 0 Å². The van der Waals surface area contributed by atoms with Crippen LogP contribution in [0.5, 0.6) is 0 Å². The first kappa shape index (κ1) is 10.4. The molecule has 0 radical (unpaired) electrons. The molecule has 0 aromatic rings. The van der Waals surface area contributed by atoms with Crippen molar-refractivity contribution in [2.75, 3.05) is 6.54 Å². The normalized spacial score (nSPS) is 12.6. The van der Waals surface area contributed by atoms with Gasteiger partial charge in [-0.05, 0) is 13.3 Å². The van der Waals surface area contributed by atoms with Crippen LogP contribution in [0.4, 0.5) is 0 Å². The molecule has 11 heavy (non-hydrogen) atoms. The first-order chi connectivity index (χ1) is 5.16. The Kier molecular flexibility index (Phi) is 5.84. The van der Waals surface area contributed by atoms with Crippen molar-refractivity contribution >= 4 is 5.91 Å². The van der Waals surface area contributed by atoms with Gasteiger partial charge in [-0.15, -0.1) is 0 Å². The molecule has 3 nitrogen and oxygen atoms in total. The maximum absolute atomic E-state index is 10.9. The second kappa shape index (κ2) is 6.16. The minimum absolute atomic E-state index is 0.0309. The van der Waals surface area contributed by atoms with Gasteiger partial charge in [0, 0.05) is 19.0 Å². The van der Waals surface area contributed by atoms with Gasteiger partial charge in [-0.3, -0.25) is 4.79 Å².